The Kier molecular flexibility index (Phi) is 7.37. The van der Waals surface area contributed by atoms with E-state index in [1.165, 1.54) is 6.07 Å². The van der Waals surface area contributed by atoms with Crippen molar-refractivity contribution in [3.63, 3.8) is 0 Å². The van der Waals surface area contributed by atoms with Gasteiger partial charge in [0.05, 0.1) is 20.1 Å². The number of piperazine rings is 1. The molecule has 0 saturated carbocycles. The fourth-order valence-electron chi connectivity index (χ4n) is 3.16. The van der Waals surface area contributed by atoms with Gasteiger partial charge in [0.15, 0.2) is 29.6 Å². The molecule has 0 atom stereocenters. The first-order valence-electron chi connectivity index (χ1n) is 9.80. The quantitative estimate of drug-likeness (QED) is 0.710. The summed E-state index contributed by atoms with van der Waals surface area (Å²) in [6.07, 6.45) is 0.252. The van der Waals surface area contributed by atoms with E-state index in [9.17, 15) is 14.7 Å². The number of phenols is 1. The lowest BCUT2D eigenvalue weighted by Crippen LogP contribution is -2.51. The van der Waals surface area contributed by atoms with Crippen molar-refractivity contribution in [2.75, 3.05) is 46.5 Å². The molecular formula is C22H26N2O6. The van der Waals surface area contributed by atoms with Crippen molar-refractivity contribution in [3.05, 3.63) is 48.5 Å². The number of amides is 2. The summed E-state index contributed by atoms with van der Waals surface area (Å²) in [7, 11) is 1.57. The molecule has 1 N–H and O–H groups in total. The monoisotopic (exact) mass is 414 g/mol. The predicted octanol–water partition coefficient (Wildman–Crippen LogP) is 1.92. The molecular weight excluding hydrogens is 388 g/mol. The Balaban J connectivity index is 1.38. The molecule has 0 bridgehead atoms. The number of nitrogens with zero attached hydrogens (tertiary/aromatic N) is 2. The maximum atomic E-state index is 12.4. The maximum absolute atomic E-state index is 12.4. The minimum Gasteiger partial charge on any atom is -0.504 e. The van der Waals surface area contributed by atoms with Gasteiger partial charge in [-0.25, -0.2) is 0 Å². The minimum absolute atomic E-state index is 0.00365. The molecule has 160 valence electrons. The number of ether oxygens (including phenoxy) is 3. The molecule has 0 unspecified atom stereocenters. The first-order valence-corrected chi connectivity index (χ1v) is 9.80. The van der Waals surface area contributed by atoms with Gasteiger partial charge in [0.1, 0.15) is 0 Å². The van der Waals surface area contributed by atoms with Gasteiger partial charge in [-0.05, 0) is 24.3 Å². The third kappa shape index (κ3) is 5.56. The molecule has 1 saturated heterocycles. The summed E-state index contributed by atoms with van der Waals surface area (Å²) < 4.78 is 16.3. The summed E-state index contributed by atoms with van der Waals surface area (Å²) >= 11 is 0. The number of phenolic OH excluding ortho intramolecular Hbond substituents is 1. The Labute approximate surface area is 175 Å². The molecule has 2 amide bonds. The molecule has 2 aromatic rings. The molecule has 1 aliphatic heterocycles. The van der Waals surface area contributed by atoms with E-state index in [4.69, 9.17) is 14.2 Å². The maximum Gasteiger partial charge on any atom is 0.260 e. The standard InChI is InChI=1S/C22H26N2O6/c1-28-19-8-4-5-9-20(19)29-15-10-21(26)23-11-13-24(14-12-23)22(27)16-30-18-7-3-2-6-17(18)25/h2-9,25H,10-16H2,1H3. The number of carbonyl (C=O) groups is 2. The Hall–Kier alpha value is -3.42. The SMILES string of the molecule is COc1ccccc1OCCC(=O)N1CCN(C(=O)COc2ccccc2O)CC1. The molecule has 30 heavy (non-hydrogen) atoms. The predicted molar refractivity (Wildman–Crippen MR) is 110 cm³/mol. The van der Waals surface area contributed by atoms with Crippen LogP contribution in [-0.4, -0.2) is 73.2 Å². The zero-order valence-corrected chi connectivity index (χ0v) is 17.0. The largest absolute Gasteiger partial charge is 0.504 e. The van der Waals surface area contributed by atoms with Crippen LogP contribution < -0.4 is 14.2 Å². The normalized spacial score (nSPS) is 13.6. The number of methoxy groups -OCH3 is 1. The van der Waals surface area contributed by atoms with Crippen molar-refractivity contribution in [3.8, 4) is 23.0 Å². The van der Waals surface area contributed by atoms with E-state index in [-0.39, 0.29) is 42.9 Å². The third-order valence-electron chi connectivity index (χ3n) is 4.84. The number of hydrogen-bond donors (Lipinski definition) is 1. The average Bonchev–Trinajstić information content (AvgIpc) is 2.78. The van der Waals surface area contributed by atoms with E-state index in [2.05, 4.69) is 0 Å². The van der Waals surface area contributed by atoms with Gasteiger partial charge < -0.3 is 29.1 Å². The molecule has 0 radical (unpaired) electrons. The fraction of sp³-hybridized carbons (Fsp3) is 0.364. The number of rotatable bonds is 8. The van der Waals surface area contributed by atoms with Crippen molar-refractivity contribution >= 4 is 11.8 Å². The van der Waals surface area contributed by atoms with Gasteiger partial charge in [-0.15, -0.1) is 0 Å². The summed E-state index contributed by atoms with van der Waals surface area (Å²) in [5, 5.41) is 9.69. The highest BCUT2D eigenvalue weighted by Gasteiger charge is 2.24. The Morgan fingerprint density at radius 3 is 2.03 bits per heavy atom. The topological polar surface area (TPSA) is 88.5 Å². The smallest absolute Gasteiger partial charge is 0.260 e. The van der Waals surface area contributed by atoms with Crippen LogP contribution in [0.5, 0.6) is 23.0 Å². The second kappa shape index (κ2) is 10.4. The van der Waals surface area contributed by atoms with Crippen LogP contribution in [0.1, 0.15) is 6.42 Å². The van der Waals surface area contributed by atoms with E-state index in [0.29, 0.717) is 37.7 Å². The van der Waals surface area contributed by atoms with Crippen LogP contribution in [-0.2, 0) is 9.59 Å². The molecule has 0 spiro atoms. The molecule has 1 aliphatic rings. The Morgan fingerprint density at radius 1 is 0.833 bits per heavy atom. The second-order valence-corrected chi connectivity index (χ2v) is 6.77. The number of carbonyl (C=O) groups excluding carboxylic acids is 2. The Bertz CT molecular complexity index is 864. The molecule has 3 rings (SSSR count). The average molecular weight is 414 g/mol. The number of hydrogen-bond acceptors (Lipinski definition) is 6. The lowest BCUT2D eigenvalue weighted by Gasteiger charge is -2.34. The second-order valence-electron chi connectivity index (χ2n) is 6.77. The summed E-state index contributed by atoms with van der Waals surface area (Å²) in [4.78, 5) is 28.2. The summed E-state index contributed by atoms with van der Waals surface area (Å²) in [5.74, 6) is 1.31. The van der Waals surface area contributed by atoms with Crippen molar-refractivity contribution in [1.82, 2.24) is 9.80 Å². The van der Waals surface area contributed by atoms with Gasteiger partial charge >= 0.3 is 0 Å². The van der Waals surface area contributed by atoms with E-state index >= 15 is 0 Å². The van der Waals surface area contributed by atoms with Crippen molar-refractivity contribution in [1.29, 1.82) is 0 Å². The molecule has 0 aromatic heterocycles. The van der Waals surface area contributed by atoms with Crippen LogP contribution in [0, 0.1) is 0 Å². The zero-order valence-electron chi connectivity index (χ0n) is 17.0. The van der Waals surface area contributed by atoms with Gasteiger partial charge in [0.2, 0.25) is 5.91 Å². The first-order chi connectivity index (χ1) is 14.6. The van der Waals surface area contributed by atoms with Crippen molar-refractivity contribution in [2.24, 2.45) is 0 Å². The molecule has 0 aliphatic carbocycles. The van der Waals surface area contributed by atoms with E-state index in [1.54, 1.807) is 47.2 Å². The van der Waals surface area contributed by atoms with E-state index in [1.807, 2.05) is 12.1 Å². The number of para-hydroxylation sites is 4. The Morgan fingerprint density at radius 2 is 1.40 bits per heavy atom. The highest BCUT2D eigenvalue weighted by atomic mass is 16.5. The highest BCUT2D eigenvalue weighted by molar-refractivity contribution is 5.79. The molecule has 2 aromatic carbocycles. The number of aromatic hydroxyl groups is 1. The van der Waals surface area contributed by atoms with Crippen LogP contribution in [0.3, 0.4) is 0 Å². The van der Waals surface area contributed by atoms with E-state index < -0.39 is 0 Å². The lowest BCUT2D eigenvalue weighted by atomic mass is 10.2. The van der Waals surface area contributed by atoms with Crippen LogP contribution in [0.25, 0.3) is 0 Å². The van der Waals surface area contributed by atoms with Gasteiger partial charge in [-0.2, -0.15) is 0 Å². The van der Waals surface area contributed by atoms with Crippen LogP contribution in [0.4, 0.5) is 0 Å². The lowest BCUT2D eigenvalue weighted by molar-refractivity contribution is -0.141. The summed E-state index contributed by atoms with van der Waals surface area (Å²) in [5.41, 5.74) is 0. The third-order valence-corrected chi connectivity index (χ3v) is 4.84. The fourth-order valence-corrected chi connectivity index (χ4v) is 3.16. The van der Waals surface area contributed by atoms with E-state index in [0.717, 1.165) is 0 Å². The van der Waals surface area contributed by atoms with Gasteiger partial charge in [-0.1, -0.05) is 24.3 Å². The molecule has 8 heteroatoms. The van der Waals surface area contributed by atoms with Gasteiger partial charge in [0.25, 0.3) is 5.91 Å². The zero-order chi connectivity index (χ0) is 21.3. The van der Waals surface area contributed by atoms with Crippen molar-refractivity contribution in [2.45, 2.75) is 6.42 Å². The summed E-state index contributed by atoms with van der Waals surface area (Å²) in [6, 6.07) is 13.8. The number of benzene rings is 2. The molecule has 1 heterocycles. The molecule has 1 fully saturated rings. The van der Waals surface area contributed by atoms with Gasteiger partial charge in [0, 0.05) is 26.2 Å². The molecule has 8 nitrogen and oxygen atoms in total. The van der Waals surface area contributed by atoms with Crippen LogP contribution >= 0.6 is 0 Å². The minimum atomic E-state index is -0.176. The van der Waals surface area contributed by atoms with Gasteiger partial charge in [-0.3, -0.25) is 9.59 Å². The summed E-state index contributed by atoms with van der Waals surface area (Å²) in [6.45, 7) is 1.93. The van der Waals surface area contributed by atoms with Crippen LogP contribution in [0.15, 0.2) is 48.5 Å². The van der Waals surface area contributed by atoms with Crippen LogP contribution in [0.2, 0.25) is 0 Å². The first kappa shape index (κ1) is 21.3. The van der Waals surface area contributed by atoms with Crippen molar-refractivity contribution < 1.29 is 28.9 Å². The highest BCUT2D eigenvalue weighted by Crippen LogP contribution is 2.26.